The van der Waals surface area contributed by atoms with Crippen LogP contribution in [0.1, 0.15) is 120 Å². The quantitative estimate of drug-likeness (QED) is 0.0683. The second kappa shape index (κ2) is 22.5. The van der Waals surface area contributed by atoms with E-state index in [1.807, 2.05) is 0 Å². The van der Waals surface area contributed by atoms with E-state index in [-0.39, 0.29) is 77.3 Å². The van der Waals surface area contributed by atoms with Gasteiger partial charge in [0, 0.05) is 19.4 Å². The van der Waals surface area contributed by atoms with Crippen LogP contribution in [0.25, 0.3) is 0 Å². The predicted octanol–water partition coefficient (Wildman–Crippen LogP) is -0.214. The van der Waals surface area contributed by atoms with Crippen LogP contribution in [-0.4, -0.2) is 216 Å². The molecule has 79 heavy (non-hydrogen) atoms. The molecule has 23 nitrogen and oxygen atoms in total. The molecule has 0 amide bonds. The lowest BCUT2D eigenvalue weighted by atomic mass is 9.34. The first-order valence-electron chi connectivity index (χ1n) is 28.5. The van der Waals surface area contributed by atoms with Crippen LogP contribution in [0.4, 0.5) is 0 Å². The molecule has 3 saturated heterocycles. The fraction of sp³-hybridized carbons (Fsp3) is 0.911. The molecule has 9 rings (SSSR count). The standard InChI is InChI=1S/C56H88O23/c1-23-36(60)40(64)43(67)48(74-23)78-45-25(20-57)17-31(38(62)42(45)66)72-22-32-39(63)41(65)44(68)49(76-32)79-47(69)28-19-53(5,51(70)71)18-27-26(28)11-15-55(7)29(27)9-10-34-54(6)14-13-35(52(3,4)33(54)12-16-56(34,55)8)77-50-46(75-24(2)58)37(61)30(59)21-73-50/h9,23,25-28,30-46,48-50,57,59-68H,10-22H2,1-8H3,(H,70,71)/t23-,25+,26-,27-,28-,30-,31-,32+,33+,34+,35+,36-,37-,38-,39+,40+,41-,42+,43+,44+,45+,46+,48-,49-,50-,53-,54+,55+,56+/m0/s1. The predicted molar refractivity (Wildman–Crippen MR) is 270 cm³/mol. The number of hydrogen-bond donors (Lipinski definition) is 12. The molecule has 29 atom stereocenters. The van der Waals surface area contributed by atoms with Crippen LogP contribution >= 0.6 is 0 Å². The highest BCUT2D eigenvalue weighted by Gasteiger charge is 2.69. The van der Waals surface area contributed by atoms with Crippen LogP contribution in [0.2, 0.25) is 0 Å². The van der Waals surface area contributed by atoms with Gasteiger partial charge in [-0.2, -0.15) is 0 Å². The summed E-state index contributed by atoms with van der Waals surface area (Å²) in [4.78, 5) is 40.1. The van der Waals surface area contributed by atoms with E-state index < -0.39 is 159 Å². The largest absolute Gasteiger partial charge is 0.481 e. The number of hydrogen-bond acceptors (Lipinski definition) is 22. The van der Waals surface area contributed by atoms with E-state index in [0.717, 1.165) is 31.3 Å². The van der Waals surface area contributed by atoms with Gasteiger partial charge in [-0.3, -0.25) is 14.4 Å². The van der Waals surface area contributed by atoms with Gasteiger partial charge in [0.05, 0.1) is 49.0 Å². The topological polar surface area (TPSA) is 368 Å². The first kappa shape index (κ1) is 61.0. The van der Waals surface area contributed by atoms with Crippen LogP contribution in [0.3, 0.4) is 0 Å². The molecule has 3 aliphatic heterocycles. The Morgan fingerprint density at radius 1 is 0.696 bits per heavy atom. The Morgan fingerprint density at radius 2 is 1.38 bits per heavy atom. The molecule has 0 unspecified atom stereocenters. The smallest absolute Gasteiger partial charge is 0.311 e. The van der Waals surface area contributed by atoms with Crippen LogP contribution < -0.4 is 0 Å². The maximum atomic E-state index is 14.7. The number of esters is 2. The SMILES string of the molecule is CC(=O)O[C@H]1[C@H](O[C@@H]2CC[C@]3(C)[C@H](CC[C@]4(C)[C@@H]3CC=C3[C@H]5C[C@](C)(C(=O)O)C[C@H](C(=O)O[C@@H]6O[C@H](CO[C@H]7C[C@H](CO)[C@@H](O[C@@H]8O[C@@H](C)[C@H](O)[C@@H](O)[C@H]8O)[C@H](O)[C@H]7O)[C@@H](O)[C@H](O)[C@H]6O)[C@H]5CC[C@]34C)C2(C)C)OC[C@H](O)[C@@H]1O. The number of carboxylic acids is 1. The van der Waals surface area contributed by atoms with E-state index in [1.165, 1.54) is 13.8 Å². The molecule has 450 valence electrons. The molecule has 0 aromatic heterocycles. The lowest BCUT2D eigenvalue weighted by molar-refractivity contribution is -0.327. The first-order chi connectivity index (χ1) is 36.9. The summed E-state index contributed by atoms with van der Waals surface area (Å²) in [6.07, 6.45) is -19.8. The molecule has 0 spiro atoms. The molecular formula is C56H88O23. The van der Waals surface area contributed by atoms with Gasteiger partial charge in [-0.15, -0.1) is 0 Å². The van der Waals surface area contributed by atoms with Gasteiger partial charge < -0.3 is 99.2 Å². The molecule has 0 bridgehead atoms. The van der Waals surface area contributed by atoms with Crippen molar-refractivity contribution in [2.75, 3.05) is 19.8 Å². The summed E-state index contributed by atoms with van der Waals surface area (Å²) < 4.78 is 47.0. The van der Waals surface area contributed by atoms with Gasteiger partial charge in [-0.25, -0.2) is 0 Å². The van der Waals surface area contributed by atoms with E-state index in [2.05, 4.69) is 40.7 Å². The number of carboxylic acid groups (broad SMARTS) is 1. The van der Waals surface area contributed by atoms with Gasteiger partial charge >= 0.3 is 17.9 Å². The number of aliphatic carboxylic acids is 1. The summed E-state index contributed by atoms with van der Waals surface area (Å²) in [5, 5.41) is 129. The number of carbonyl (C=O) groups excluding carboxylic acids is 2. The molecule has 12 N–H and O–H groups in total. The van der Waals surface area contributed by atoms with Crippen molar-refractivity contribution < 1.29 is 114 Å². The summed E-state index contributed by atoms with van der Waals surface area (Å²) in [6.45, 7) is 14.5. The van der Waals surface area contributed by atoms with Gasteiger partial charge in [0.15, 0.2) is 18.7 Å². The molecule has 0 aromatic rings. The van der Waals surface area contributed by atoms with E-state index in [0.29, 0.717) is 19.3 Å². The minimum absolute atomic E-state index is 0.0656. The lowest BCUT2D eigenvalue weighted by Crippen LogP contribution is -2.65. The van der Waals surface area contributed by atoms with Crippen molar-refractivity contribution in [1.82, 2.24) is 0 Å². The number of aliphatic hydroxyl groups excluding tert-OH is 11. The van der Waals surface area contributed by atoms with E-state index in [9.17, 15) is 75.7 Å². The molecular weight excluding hydrogens is 1040 g/mol. The van der Waals surface area contributed by atoms with E-state index >= 15 is 0 Å². The van der Waals surface area contributed by atoms with Crippen molar-refractivity contribution in [2.24, 2.45) is 62.6 Å². The fourth-order valence-electron chi connectivity index (χ4n) is 17.0. The van der Waals surface area contributed by atoms with Crippen molar-refractivity contribution in [1.29, 1.82) is 0 Å². The summed E-state index contributed by atoms with van der Waals surface area (Å²) in [5.74, 6) is -4.66. The van der Waals surface area contributed by atoms with Crippen LogP contribution in [0.15, 0.2) is 11.6 Å². The van der Waals surface area contributed by atoms with Gasteiger partial charge in [0.25, 0.3) is 0 Å². The number of allylic oxidation sites excluding steroid dienone is 2. The molecule has 23 heteroatoms. The summed E-state index contributed by atoms with van der Waals surface area (Å²) >= 11 is 0. The van der Waals surface area contributed by atoms with Crippen LogP contribution in [0, 0.1) is 62.6 Å². The second-order valence-corrected chi connectivity index (χ2v) is 26.6. The Balaban J connectivity index is 0.883. The maximum absolute atomic E-state index is 14.7. The molecule has 3 heterocycles. The number of rotatable bonds is 12. The van der Waals surface area contributed by atoms with Gasteiger partial charge in [0.1, 0.15) is 67.1 Å². The molecule has 0 radical (unpaired) electrons. The van der Waals surface area contributed by atoms with Crippen LogP contribution in [0.5, 0.6) is 0 Å². The third-order valence-corrected chi connectivity index (χ3v) is 21.8. The average Bonchev–Trinajstić information content (AvgIpc) is 2.98. The second-order valence-electron chi connectivity index (χ2n) is 26.6. The van der Waals surface area contributed by atoms with E-state index in [4.69, 9.17) is 37.9 Å². The molecule has 5 saturated carbocycles. The summed E-state index contributed by atoms with van der Waals surface area (Å²) in [7, 11) is 0. The minimum atomic E-state index is -1.94. The number of aliphatic hydroxyl groups is 11. The normalized spacial score (nSPS) is 52.5. The Hall–Kier alpha value is -2.53. The van der Waals surface area contributed by atoms with Gasteiger partial charge in [0.2, 0.25) is 6.29 Å². The van der Waals surface area contributed by atoms with Crippen molar-refractivity contribution in [3.05, 3.63) is 11.6 Å². The monoisotopic (exact) mass is 1130 g/mol. The Labute approximate surface area is 460 Å². The van der Waals surface area contributed by atoms with Crippen LogP contribution in [-0.2, 0) is 52.3 Å². The number of ether oxygens (including phenoxy) is 8. The Morgan fingerprint density at radius 3 is 2.05 bits per heavy atom. The maximum Gasteiger partial charge on any atom is 0.311 e. The number of carbonyl (C=O) groups is 3. The zero-order valence-corrected chi connectivity index (χ0v) is 46.6. The average molecular weight is 1130 g/mol. The molecule has 6 aliphatic carbocycles. The Kier molecular flexibility index (Phi) is 17.4. The van der Waals surface area contributed by atoms with Crippen molar-refractivity contribution >= 4 is 17.9 Å². The van der Waals surface area contributed by atoms with Crippen molar-refractivity contribution in [3.8, 4) is 0 Å². The third-order valence-electron chi connectivity index (χ3n) is 21.8. The zero-order valence-electron chi connectivity index (χ0n) is 46.6. The third kappa shape index (κ3) is 10.4. The minimum Gasteiger partial charge on any atom is -0.481 e. The molecule has 0 aromatic carbocycles. The first-order valence-corrected chi connectivity index (χ1v) is 28.5. The molecule has 8 fully saturated rings. The highest BCUT2D eigenvalue weighted by molar-refractivity contribution is 5.78. The highest BCUT2D eigenvalue weighted by atomic mass is 16.7. The van der Waals surface area contributed by atoms with Crippen molar-refractivity contribution in [2.45, 2.75) is 236 Å². The lowest BCUT2D eigenvalue weighted by Gasteiger charge is -2.71. The number of fused-ring (bicyclic) bond motifs is 7. The van der Waals surface area contributed by atoms with E-state index in [1.54, 1.807) is 6.92 Å². The highest BCUT2D eigenvalue weighted by Crippen LogP contribution is 2.75. The van der Waals surface area contributed by atoms with Crippen molar-refractivity contribution in [3.63, 3.8) is 0 Å². The summed E-state index contributed by atoms with van der Waals surface area (Å²) in [5.41, 5.74) is -1.36. The molecule has 9 aliphatic rings. The summed E-state index contributed by atoms with van der Waals surface area (Å²) in [6, 6.07) is 0. The Bertz CT molecular complexity index is 2250. The fourth-order valence-corrected chi connectivity index (χ4v) is 17.0. The van der Waals surface area contributed by atoms with Gasteiger partial charge in [-0.05, 0) is 123 Å². The zero-order chi connectivity index (χ0) is 57.8. The van der Waals surface area contributed by atoms with Gasteiger partial charge in [-0.1, -0.05) is 46.3 Å².